The van der Waals surface area contributed by atoms with Gasteiger partial charge in [-0.05, 0) is 41.5 Å². The van der Waals surface area contributed by atoms with E-state index in [1.165, 1.54) is 12.1 Å². The molecule has 41 heavy (non-hydrogen) atoms. The number of fused-ring (bicyclic) bond motifs is 2. The van der Waals surface area contributed by atoms with E-state index in [2.05, 4.69) is 15.3 Å². The van der Waals surface area contributed by atoms with Gasteiger partial charge >= 0.3 is 12.1 Å². The van der Waals surface area contributed by atoms with Crippen LogP contribution in [0.2, 0.25) is 0 Å². The number of likely N-dealkylation sites (tertiary alicyclic amines) is 1. The standard InChI is InChI=1S/C30H25F3N4O4/c31-30(32,33)19-7-5-6-17(14-19)25-23-24(27(39)37(26(23)38)13-11-20-8-3-4-12-34-20)29(36-25,28(40)41)15-18-16-35-22-10-2-1-9-21(18)22/h1-10,12,14,16,23-25,35-36H,11,13,15H2,(H,40,41). The van der Waals surface area contributed by atoms with Crippen LogP contribution in [0.4, 0.5) is 13.2 Å². The fourth-order valence-electron chi connectivity index (χ4n) is 6.26. The number of hydrogen-bond donors (Lipinski definition) is 3. The van der Waals surface area contributed by atoms with Crippen molar-refractivity contribution in [3.05, 3.63) is 102 Å². The van der Waals surface area contributed by atoms with E-state index in [1.54, 1.807) is 36.7 Å². The summed E-state index contributed by atoms with van der Waals surface area (Å²) in [6.45, 7) is -0.0280. The van der Waals surface area contributed by atoms with E-state index in [4.69, 9.17) is 0 Å². The van der Waals surface area contributed by atoms with Gasteiger partial charge in [0.05, 0.1) is 17.4 Å². The Hall–Kier alpha value is -4.51. The van der Waals surface area contributed by atoms with E-state index in [9.17, 15) is 32.7 Å². The second-order valence-corrected chi connectivity index (χ2v) is 10.5. The molecule has 2 amide bonds. The van der Waals surface area contributed by atoms with Crippen LogP contribution in [0.25, 0.3) is 10.9 Å². The fourth-order valence-corrected chi connectivity index (χ4v) is 6.26. The molecule has 4 atom stereocenters. The Kier molecular flexibility index (Phi) is 6.41. The molecule has 2 saturated heterocycles. The maximum Gasteiger partial charge on any atom is 0.416 e. The Morgan fingerprint density at radius 2 is 1.80 bits per heavy atom. The van der Waals surface area contributed by atoms with Crippen LogP contribution < -0.4 is 5.32 Å². The molecule has 6 rings (SSSR count). The first-order chi connectivity index (χ1) is 19.6. The zero-order valence-corrected chi connectivity index (χ0v) is 21.6. The number of imide groups is 1. The summed E-state index contributed by atoms with van der Waals surface area (Å²) in [5.74, 6) is -5.20. The van der Waals surface area contributed by atoms with Crippen LogP contribution in [0.15, 0.2) is 79.1 Å². The largest absolute Gasteiger partial charge is 0.480 e. The Morgan fingerprint density at radius 1 is 1.02 bits per heavy atom. The van der Waals surface area contributed by atoms with Crippen molar-refractivity contribution < 1.29 is 32.7 Å². The van der Waals surface area contributed by atoms with E-state index in [1.807, 2.05) is 18.2 Å². The first-order valence-electron chi connectivity index (χ1n) is 13.1. The molecule has 2 aliphatic heterocycles. The molecule has 2 aliphatic rings. The SMILES string of the molecule is O=C1C2C(c3cccc(C(F)(F)F)c3)NC(Cc3c[nH]c4ccccc34)(C(=O)O)C2C(=O)N1CCc1ccccn1. The van der Waals surface area contributed by atoms with Crippen LogP contribution in [0, 0.1) is 11.8 Å². The van der Waals surface area contributed by atoms with Crippen molar-refractivity contribution in [1.82, 2.24) is 20.2 Å². The number of carbonyl (C=O) groups is 3. The Bertz CT molecular complexity index is 1650. The van der Waals surface area contributed by atoms with Crippen molar-refractivity contribution in [2.45, 2.75) is 30.6 Å². The lowest BCUT2D eigenvalue weighted by molar-refractivity contribution is -0.151. The van der Waals surface area contributed by atoms with E-state index in [0.717, 1.165) is 27.9 Å². The molecule has 2 aromatic heterocycles. The van der Waals surface area contributed by atoms with Gasteiger partial charge in [0.15, 0.2) is 0 Å². The molecule has 2 fully saturated rings. The Labute approximate surface area is 232 Å². The molecule has 2 aromatic carbocycles. The summed E-state index contributed by atoms with van der Waals surface area (Å²) in [5.41, 5.74) is -0.794. The number of carboxylic acids is 1. The van der Waals surface area contributed by atoms with Gasteiger partial charge in [-0.15, -0.1) is 0 Å². The van der Waals surface area contributed by atoms with Gasteiger partial charge in [-0.1, -0.05) is 36.4 Å². The highest BCUT2D eigenvalue weighted by molar-refractivity contribution is 6.09. The second kappa shape index (κ2) is 9.84. The Balaban J connectivity index is 1.44. The van der Waals surface area contributed by atoms with Gasteiger partial charge in [-0.25, -0.2) is 0 Å². The number of aromatic nitrogens is 2. The van der Waals surface area contributed by atoms with Crippen LogP contribution in [-0.2, 0) is 33.4 Å². The number of para-hydroxylation sites is 1. The average Bonchev–Trinajstić information content (AvgIpc) is 3.60. The number of aromatic amines is 1. The molecule has 4 aromatic rings. The minimum atomic E-state index is -4.65. The molecule has 0 radical (unpaired) electrons. The number of nitrogens with one attached hydrogen (secondary N) is 2. The summed E-state index contributed by atoms with van der Waals surface area (Å²) in [5, 5.41) is 14.4. The first kappa shape index (κ1) is 26.7. The zero-order valence-electron chi connectivity index (χ0n) is 21.6. The number of hydrogen-bond acceptors (Lipinski definition) is 5. The van der Waals surface area contributed by atoms with Crippen molar-refractivity contribution in [1.29, 1.82) is 0 Å². The third-order valence-corrected chi connectivity index (χ3v) is 8.16. The Morgan fingerprint density at radius 3 is 2.54 bits per heavy atom. The lowest BCUT2D eigenvalue weighted by atomic mass is 9.76. The topological polar surface area (TPSA) is 115 Å². The third-order valence-electron chi connectivity index (χ3n) is 8.16. The summed E-state index contributed by atoms with van der Waals surface area (Å²) in [4.78, 5) is 49.2. The van der Waals surface area contributed by atoms with Crippen molar-refractivity contribution in [2.75, 3.05) is 6.54 Å². The molecule has 8 nitrogen and oxygen atoms in total. The highest BCUT2D eigenvalue weighted by Gasteiger charge is 2.68. The maximum absolute atomic E-state index is 13.9. The van der Waals surface area contributed by atoms with Crippen LogP contribution in [0.1, 0.15) is 28.4 Å². The van der Waals surface area contributed by atoms with Gasteiger partial charge in [0, 0.05) is 54.4 Å². The molecule has 210 valence electrons. The van der Waals surface area contributed by atoms with Gasteiger partial charge in [-0.3, -0.25) is 29.6 Å². The maximum atomic E-state index is 13.9. The number of alkyl halides is 3. The highest BCUT2D eigenvalue weighted by Crippen LogP contribution is 2.50. The van der Waals surface area contributed by atoms with Gasteiger partial charge in [-0.2, -0.15) is 13.2 Å². The number of H-pyrrole nitrogens is 1. The van der Waals surface area contributed by atoms with Gasteiger partial charge in [0.1, 0.15) is 5.54 Å². The predicted molar refractivity (Wildman–Crippen MR) is 141 cm³/mol. The van der Waals surface area contributed by atoms with E-state index >= 15 is 0 Å². The lowest BCUT2D eigenvalue weighted by Crippen LogP contribution is -2.57. The smallest absolute Gasteiger partial charge is 0.416 e. The first-order valence-corrected chi connectivity index (χ1v) is 13.1. The molecule has 3 N–H and O–H groups in total. The molecule has 11 heteroatoms. The van der Waals surface area contributed by atoms with Crippen LogP contribution in [-0.4, -0.2) is 49.8 Å². The van der Waals surface area contributed by atoms with E-state index in [-0.39, 0.29) is 24.9 Å². The number of aliphatic carboxylic acids is 1. The summed E-state index contributed by atoms with van der Waals surface area (Å²) >= 11 is 0. The quantitative estimate of drug-likeness (QED) is 0.292. The van der Waals surface area contributed by atoms with Crippen molar-refractivity contribution in [2.24, 2.45) is 11.8 Å². The summed E-state index contributed by atoms with van der Waals surface area (Å²) in [7, 11) is 0. The fraction of sp³-hybridized carbons (Fsp3) is 0.267. The number of rotatable bonds is 7. The average molecular weight is 563 g/mol. The van der Waals surface area contributed by atoms with Crippen LogP contribution in [0.3, 0.4) is 0 Å². The van der Waals surface area contributed by atoms with E-state index < -0.39 is 52.9 Å². The number of carbonyl (C=O) groups excluding carboxylic acids is 2. The van der Waals surface area contributed by atoms with Crippen LogP contribution >= 0.6 is 0 Å². The van der Waals surface area contributed by atoms with Gasteiger partial charge in [0.2, 0.25) is 11.8 Å². The normalized spacial score (nSPS) is 24.3. The number of amides is 2. The van der Waals surface area contributed by atoms with E-state index in [0.29, 0.717) is 11.3 Å². The van der Waals surface area contributed by atoms with Crippen molar-refractivity contribution in [3.63, 3.8) is 0 Å². The summed E-state index contributed by atoms with van der Waals surface area (Å²) < 4.78 is 40.8. The van der Waals surface area contributed by atoms with Crippen molar-refractivity contribution >= 4 is 28.7 Å². The minimum Gasteiger partial charge on any atom is -0.480 e. The number of nitrogens with zero attached hydrogens (tertiary/aromatic N) is 2. The van der Waals surface area contributed by atoms with Crippen LogP contribution in [0.5, 0.6) is 0 Å². The third kappa shape index (κ3) is 4.46. The lowest BCUT2D eigenvalue weighted by Gasteiger charge is -2.31. The molecule has 0 spiro atoms. The molecule has 4 heterocycles. The zero-order chi connectivity index (χ0) is 28.9. The molecular weight excluding hydrogens is 537 g/mol. The van der Waals surface area contributed by atoms with Crippen molar-refractivity contribution in [3.8, 4) is 0 Å². The minimum absolute atomic E-state index is 0.0280. The number of benzene rings is 2. The highest BCUT2D eigenvalue weighted by atomic mass is 19.4. The summed E-state index contributed by atoms with van der Waals surface area (Å²) in [6, 6.07) is 15.8. The molecule has 0 bridgehead atoms. The molecular formula is C30H25F3N4O4. The molecule has 0 saturated carbocycles. The number of pyridine rings is 1. The van der Waals surface area contributed by atoms with Gasteiger partial charge in [0.25, 0.3) is 0 Å². The summed E-state index contributed by atoms with van der Waals surface area (Å²) in [6.07, 6.45) is -1.32. The second-order valence-electron chi connectivity index (χ2n) is 10.5. The predicted octanol–water partition coefficient (Wildman–Crippen LogP) is 4.14. The number of carboxylic acid groups (broad SMARTS) is 1. The molecule has 0 aliphatic carbocycles. The monoisotopic (exact) mass is 562 g/mol. The molecule has 4 unspecified atom stereocenters. The number of halogens is 3. The van der Waals surface area contributed by atoms with Gasteiger partial charge < -0.3 is 10.1 Å².